The summed E-state index contributed by atoms with van der Waals surface area (Å²) in [5, 5.41) is 0. The standard InChI is InChI=1S/C13H14N2O2/c1-8-9-5-3-4-6-11(9)15(2)12(16)7-10(8)13(14)17/h3-6,8,10H,1-2H3,(H2,14,17). The Balaban J connectivity index is 2.54. The minimum Gasteiger partial charge on any atom is -0.369 e. The highest BCUT2D eigenvalue weighted by molar-refractivity contribution is 6.04. The number of amides is 2. The number of carbonyl (C=O) groups is 2. The summed E-state index contributed by atoms with van der Waals surface area (Å²) in [5.74, 6) is -1.65. The summed E-state index contributed by atoms with van der Waals surface area (Å²) in [6, 6.07) is 7.51. The van der Waals surface area contributed by atoms with Crippen molar-refractivity contribution in [2.75, 3.05) is 11.9 Å². The van der Waals surface area contributed by atoms with Gasteiger partial charge in [0.25, 0.3) is 0 Å². The lowest BCUT2D eigenvalue weighted by atomic mass is 9.85. The van der Waals surface area contributed by atoms with Crippen LogP contribution in [0.1, 0.15) is 18.4 Å². The first-order chi connectivity index (χ1) is 8.02. The summed E-state index contributed by atoms with van der Waals surface area (Å²) in [6.07, 6.45) is 2.64. The summed E-state index contributed by atoms with van der Waals surface area (Å²) < 4.78 is 0. The van der Waals surface area contributed by atoms with Crippen molar-refractivity contribution in [3.8, 4) is 0 Å². The summed E-state index contributed by atoms with van der Waals surface area (Å²) in [4.78, 5) is 24.7. The second-order valence-corrected chi connectivity index (χ2v) is 4.24. The van der Waals surface area contributed by atoms with Crippen LogP contribution < -0.4 is 10.6 Å². The lowest BCUT2D eigenvalue weighted by Gasteiger charge is -2.19. The van der Waals surface area contributed by atoms with Gasteiger partial charge in [0.05, 0.1) is 12.3 Å². The molecule has 0 bridgehead atoms. The molecule has 0 saturated heterocycles. The molecule has 1 aliphatic rings. The summed E-state index contributed by atoms with van der Waals surface area (Å²) in [5.41, 5.74) is 7.07. The molecule has 1 aliphatic heterocycles. The molecule has 88 valence electrons. The van der Waals surface area contributed by atoms with E-state index in [4.69, 9.17) is 5.73 Å². The van der Waals surface area contributed by atoms with Gasteiger partial charge in [0, 0.05) is 12.7 Å². The molecule has 4 nitrogen and oxygen atoms in total. The number of carbonyl (C=O) groups excluding carboxylic acids is 2. The molecule has 1 aromatic rings. The Bertz CT molecular complexity index is 470. The molecule has 2 rings (SSSR count). The van der Waals surface area contributed by atoms with Crippen LogP contribution >= 0.6 is 0 Å². The molecule has 0 aliphatic carbocycles. The van der Waals surface area contributed by atoms with Gasteiger partial charge in [0.1, 0.15) is 0 Å². The molecule has 1 aromatic carbocycles. The number of fused-ring (bicyclic) bond motifs is 1. The largest absolute Gasteiger partial charge is 0.369 e. The normalized spacial score (nSPS) is 24.1. The summed E-state index contributed by atoms with van der Waals surface area (Å²) >= 11 is 0. The number of para-hydroxylation sites is 1. The van der Waals surface area contributed by atoms with E-state index < -0.39 is 11.8 Å². The Kier molecular flexibility index (Phi) is 2.88. The Morgan fingerprint density at radius 1 is 1.41 bits per heavy atom. The molecule has 2 radical (unpaired) electrons. The molecule has 0 fully saturated rings. The number of hydrogen-bond donors (Lipinski definition) is 1. The zero-order valence-electron chi connectivity index (χ0n) is 9.81. The number of benzene rings is 1. The Morgan fingerprint density at radius 3 is 2.71 bits per heavy atom. The third-order valence-corrected chi connectivity index (χ3v) is 3.18. The van der Waals surface area contributed by atoms with E-state index in [2.05, 4.69) is 6.42 Å². The van der Waals surface area contributed by atoms with Crippen molar-refractivity contribution in [2.45, 2.75) is 12.8 Å². The summed E-state index contributed by atoms with van der Waals surface area (Å²) in [7, 11) is 1.67. The van der Waals surface area contributed by atoms with Crippen LogP contribution in [0.3, 0.4) is 0 Å². The monoisotopic (exact) mass is 230 g/mol. The molecular weight excluding hydrogens is 216 g/mol. The van der Waals surface area contributed by atoms with Gasteiger partial charge in [-0.1, -0.05) is 25.1 Å². The zero-order chi connectivity index (χ0) is 12.6. The van der Waals surface area contributed by atoms with Gasteiger partial charge in [-0.15, -0.1) is 0 Å². The van der Waals surface area contributed by atoms with Crippen LogP contribution in [0.4, 0.5) is 5.69 Å². The van der Waals surface area contributed by atoms with Crippen molar-refractivity contribution < 1.29 is 9.59 Å². The average Bonchev–Trinajstić information content (AvgIpc) is 2.41. The third-order valence-electron chi connectivity index (χ3n) is 3.18. The quantitative estimate of drug-likeness (QED) is 0.780. The van der Waals surface area contributed by atoms with E-state index in [0.29, 0.717) is 0 Å². The van der Waals surface area contributed by atoms with Crippen LogP contribution in [0, 0.1) is 12.3 Å². The average molecular weight is 230 g/mol. The first-order valence-corrected chi connectivity index (χ1v) is 5.45. The number of primary amides is 1. The minimum atomic E-state index is -0.673. The molecule has 2 amide bonds. The second-order valence-electron chi connectivity index (χ2n) is 4.24. The van der Waals surface area contributed by atoms with Crippen molar-refractivity contribution in [1.29, 1.82) is 0 Å². The fourth-order valence-electron chi connectivity index (χ4n) is 2.14. The Labute approximate surface area is 100 Å². The van der Waals surface area contributed by atoms with Crippen LogP contribution in [-0.2, 0) is 9.59 Å². The number of anilines is 1. The van der Waals surface area contributed by atoms with Gasteiger partial charge in [-0.3, -0.25) is 9.59 Å². The molecule has 1 heterocycles. The van der Waals surface area contributed by atoms with Crippen LogP contribution in [0.2, 0.25) is 0 Å². The Hall–Kier alpha value is -1.84. The van der Waals surface area contributed by atoms with Crippen molar-refractivity contribution in [3.63, 3.8) is 0 Å². The van der Waals surface area contributed by atoms with Gasteiger partial charge >= 0.3 is 0 Å². The molecule has 0 aromatic heterocycles. The maximum Gasteiger partial charge on any atom is 0.236 e. The van der Waals surface area contributed by atoms with Gasteiger partial charge < -0.3 is 10.6 Å². The smallest absolute Gasteiger partial charge is 0.236 e. The van der Waals surface area contributed by atoms with E-state index in [9.17, 15) is 9.59 Å². The lowest BCUT2D eigenvalue weighted by Crippen LogP contribution is -2.32. The van der Waals surface area contributed by atoms with Crippen LogP contribution in [0.5, 0.6) is 0 Å². The van der Waals surface area contributed by atoms with E-state index in [-0.39, 0.29) is 11.8 Å². The maximum absolute atomic E-state index is 11.8. The van der Waals surface area contributed by atoms with E-state index in [1.54, 1.807) is 7.05 Å². The topological polar surface area (TPSA) is 63.4 Å². The van der Waals surface area contributed by atoms with Crippen molar-refractivity contribution in [1.82, 2.24) is 0 Å². The SMILES string of the molecule is CC1c2ccccc2N(C)C(=O)[C]C1C(N)=O. The number of nitrogens with zero attached hydrogens (tertiary/aromatic N) is 1. The molecular formula is C13H14N2O2. The molecule has 17 heavy (non-hydrogen) atoms. The predicted molar refractivity (Wildman–Crippen MR) is 64.2 cm³/mol. The Morgan fingerprint density at radius 2 is 2.06 bits per heavy atom. The van der Waals surface area contributed by atoms with Crippen molar-refractivity contribution in [2.24, 2.45) is 11.7 Å². The highest BCUT2D eigenvalue weighted by atomic mass is 16.2. The second kappa shape index (κ2) is 4.20. The van der Waals surface area contributed by atoms with Gasteiger partial charge in [0.15, 0.2) is 0 Å². The first kappa shape index (κ1) is 11.6. The molecule has 0 spiro atoms. The predicted octanol–water partition coefficient (Wildman–Crippen LogP) is 0.949. The molecule has 2 N–H and O–H groups in total. The molecule has 4 heteroatoms. The van der Waals surface area contributed by atoms with Crippen LogP contribution in [-0.4, -0.2) is 18.9 Å². The lowest BCUT2D eigenvalue weighted by molar-refractivity contribution is -0.124. The maximum atomic E-state index is 11.8. The molecule has 0 saturated carbocycles. The zero-order valence-corrected chi connectivity index (χ0v) is 9.81. The molecule has 2 unspecified atom stereocenters. The number of rotatable bonds is 1. The van der Waals surface area contributed by atoms with Gasteiger partial charge in [-0.05, 0) is 17.5 Å². The first-order valence-electron chi connectivity index (χ1n) is 5.45. The van der Waals surface area contributed by atoms with Crippen LogP contribution in [0.15, 0.2) is 24.3 Å². The fourth-order valence-corrected chi connectivity index (χ4v) is 2.14. The number of hydrogen-bond acceptors (Lipinski definition) is 2. The fraction of sp³-hybridized carbons (Fsp3) is 0.308. The van der Waals surface area contributed by atoms with E-state index in [1.165, 1.54) is 4.90 Å². The van der Waals surface area contributed by atoms with E-state index in [1.807, 2.05) is 31.2 Å². The van der Waals surface area contributed by atoms with Gasteiger partial charge in [-0.2, -0.15) is 0 Å². The summed E-state index contributed by atoms with van der Waals surface area (Å²) in [6.45, 7) is 1.88. The van der Waals surface area contributed by atoms with Gasteiger partial charge in [-0.25, -0.2) is 0 Å². The van der Waals surface area contributed by atoms with Crippen molar-refractivity contribution >= 4 is 17.5 Å². The number of nitrogens with two attached hydrogens (primary N) is 1. The van der Waals surface area contributed by atoms with E-state index in [0.717, 1.165) is 11.3 Å². The highest BCUT2D eigenvalue weighted by Gasteiger charge is 2.34. The van der Waals surface area contributed by atoms with Gasteiger partial charge in [0.2, 0.25) is 11.8 Å². The van der Waals surface area contributed by atoms with Crippen molar-refractivity contribution in [3.05, 3.63) is 36.2 Å². The third kappa shape index (κ3) is 1.90. The minimum absolute atomic E-state index is 0.141. The van der Waals surface area contributed by atoms with Crippen LogP contribution in [0.25, 0.3) is 0 Å². The molecule has 2 atom stereocenters. The van der Waals surface area contributed by atoms with E-state index >= 15 is 0 Å². The highest BCUT2D eigenvalue weighted by Crippen LogP contribution is 2.36.